The van der Waals surface area contributed by atoms with Crippen molar-refractivity contribution in [3.05, 3.63) is 29.6 Å². The largest absolute Gasteiger partial charge is 0.311 e. The van der Waals surface area contributed by atoms with E-state index in [9.17, 15) is 0 Å². The average Bonchev–Trinajstić information content (AvgIpc) is 2.57. The van der Waals surface area contributed by atoms with Gasteiger partial charge in [0.2, 0.25) is 0 Å². The Morgan fingerprint density at radius 1 is 1.50 bits per heavy atom. The smallest absolute Gasteiger partial charge is 0.0422 e. The van der Waals surface area contributed by atoms with E-state index in [2.05, 4.69) is 36.3 Å². The number of hydrogen-bond acceptors (Lipinski definition) is 2. The summed E-state index contributed by atoms with van der Waals surface area (Å²) in [6.07, 6.45) is 5.56. The van der Waals surface area contributed by atoms with Crippen LogP contribution in [0.4, 0.5) is 0 Å². The molecule has 1 saturated heterocycles. The Morgan fingerprint density at radius 3 is 2.93 bits per heavy atom. The zero-order valence-electron chi connectivity index (χ0n) is 9.01. The Balaban J connectivity index is 2.06. The Kier molecular flexibility index (Phi) is 2.55. The minimum Gasteiger partial charge on any atom is -0.311 e. The highest BCUT2D eigenvalue weighted by Gasteiger charge is 2.28. The minimum absolute atomic E-state index is 0.280. The SMILES string of the molecule is Cc1ccc(CC2(C)CCCN2)nc1. The van der Waals surface area contributed by atoms with Gasteiger partial charge < -0.3 is 5.32 Å². The molecule has 0 aliphatic carbocycles. The first kappa shape index (κ1) is 9.66. The third-order valence-corrected chi connectivity index (χ3v) is 3.00. The number of nitrogens with one attached hydrogen (secondary N) is 1. The van der Waals surface area contributed by atoms with Crippen molar-refractivity contribution in [1.29, 1.82) is 0 Å². The lowest BCUT2D eigenvalue weighted by molar-refractivity contribution is 0.408. The fraction of sp³-hybridized carbons (Fsp3) is 0.583. The van der Waals surface area contributed by atoms with Crippen molar-refractivity contribution < 1.29 is 0 Å². The summed E-state index contributed by atoms with van der Waals surface area (Å²) < 4.78 is 0. The van der Waals surface area contributed by atoms with Crippen LogP contribution in [0.5, 0.6) is 0 Å². The number of aryl methyl sites for hydroxylation is 1. The summed E-state index contributed by atoms with van der Waals surface area (Å²) in [6, 6.07) is 4.28. The summed E-state index contributed by atoms with van der Waals surface area (Å²) in [5.74, 6) is 0. The lowest BCUT2D eigenvalue weighted by atomic mass is 9.94. The predicted molar refractivity (Wildman–Crippen MR) is 58.3 cm³/mol. The molecular formula is C12H18N2. The van der Waals surface area contributed by atoms with Crippen molar-refractivity contribution in [2.45, 2.75) is 38.6 Å². The quantitative estimate of drug-likeness (QED) is 0.772. The van der Waals surface area contributed by atoms with Crippen LogP contribution in [-0.4, -0.2) is 17.1 Å². The summed E-state index contributed by atoms with van der Waals surface area (Å²) in [5, 5.41) is 3.56. The molecule has 2 heterocycles. The van der Waals surface area contributed by atoms with E-state index < -0.39 is 0 Å². The van der Waals surface area contributed by atoms with Crippen LogP contribution in [0, 0.1) is 6.92 Å². The molecule has 0 bridgehead atoms. The van der Waals surface area contributed by atoms with Crippen LogP contribution in [0.25, 0.3) is 0 Å². The molecule has 2 heteroatoms. The van der Waals surface area contributed by atoms with Gasteiger partial charge in [-0.1, -0.05) is 6.07 Å². The molecule has 1 atom stereocenters. The van der Waals surface area contributed by atoms with Crippen molar-refractivity contribution in [2.75, 3.05) is 6.54 Å². The van der Waals surface area contributed by atoms with Crippen LogP contribution >= 0.6 is 0 Å². The maximum Gasteiger partial charge on any atom is 0.0422 e. The Bertz CT molecular complexity index is 297. The Labute approximate surface area is 85.7 Å². The van der Waals surface area contributed by atoms with E-state index in [1.54, 1.807) is 0 Å². The number of pyridine rings is 1. The summed E-state index contributed by atoms with van der Waals surface area (Å²) in [6.45, 7) is 5.52. The van der Waals surface area contributed by atoms with Crippen molar-refractivity contribution >= 4 is 0 Å². The molecule has 1 fully saturated rings. The van der Waals surface area contributed by atoms with Crippen molar-refractivity contribution in [1.82, 2.24) is 10.3 Å². The standard InChI is InChI=1S/C12H18N2/c1-10-4-5-11(13-9-10)8-12(2)6-3-7-14-12/h4-5,9,14H,3,6-8H2,1-2H3. The molecular weight excluding hydrogens is 172 g/mol. The van der Waals surface area contributed by atoms with E-state index in [-0.39, 0.29) is 5.54 Å². The normalized spacial score (nSPS) is 26.7. The molecule has 14 heavy (non-hydrogen) atoms. The molecule has 1 aromatic heterocycles. The van der Waals surface area contributed by atoms with Gasteiger partial charge in [-0.25, -0.2) is 0 Å². The van der Waals surface area contributed by atoms with Gasteiger partial charge in [0.15, 0.2) is 0 Å². The van der Waals surface area contributed by atoms with Crippen molar-refractivity contribution in [2.24, 2.45) is 0 Å². The summed E-state index contributed by atoms with van der Waals surface area (Å²) in [7, 11) is 0. The second kappa shape index (κ2) is 3.70. The van der Waals surface area contributed by atoms with Gasteiger partial charge >= 0.3 is 0 Å². The Morgan fingerprint density at radius 2 is 2.36 bits per heavy atom. The average molecular weight is 190 g/mol. The van der Waals surface area contributed by atoms with Gasteiger partial charge in [0, 0.05) is 23.9 Å². The summed E-state index contributed by atoms with van der Waals surface area (Å²) in [4.78, 5) is 4.45. The highest BCUT2D eigenvalue weighted by atomic mass is 15.0. The lowest BCUT2D eigenvalue weighted by Gasteiger charge is -2.23. The highest BCUT2D eigenvalue weighted by Crippen LogP contribution is 2.22. The summed E-state index contributed by atoms with van der Waals surface area (Å²) >= 11 is 0. The fourth-order valence-electron chi connectivity index (χ4n) is 2.11. The second-order valence-corrected chi connectivity index (χ2v) is 4.59. The van der Waals surface area contributed by atoms with Crippen molar-refractivity contribution in [3.8, 4) is 0 Å². The molecule has 1 aliphatic rings. The predicted octanol–water partition coefficient (Wildman–Crippen LogP) is 2.07. The third-order valence-electron chi connectivity index (χ3n) is 3.00. The molecule has 2 nitrogen and oxygen atoms in total. The molecule has 0 amide bonds. The topological polar surface area (TPSA) is 24.9 Å². The fourth-order valence-corrected chi connectivity index (χ4v) is 2.11. The van der Waals surface area contributed by atoms with Crippen LogP contribution in [0.3, 0.4) is 0 Å². The first-order chi connectivity index (χ1) is 6.68. The molecule has 0 saturated carbocycles. The van der Waals surface area contributed by atoms with Crippen LogP contribution in [0.2, 0.25) is 0 Å². The van der Waals surface area contributed by atoms with Crippen LogP contribution in [0.1, 0.15) is 31.0 Å². The van der Waals surface area contributed by atoms with Crippen molar-refractivity contribution in [3.63, 3.8) is 0 Å². The van der Waals surface area contributed by atoms with Gasteiger partial charge in [-0.05, 0) is 44.9 Å². The van der Waals surface area contributed by atoms with Crippen LogP contribution in [-0.2, 0) is 6.42 Å². The molecule has 0 radical (unpaired) electrons. The third kappa shape index (κ3) is 2.13. The maximum absolute atomic E-state index is 4.45. The zero-order valence-corrected chi connectivity index (χ0v) is 9.01. The first-order valence-corrected chi connectivity index (χ1v) is 5.35. The van der Waals surface area contributed by atoms with E-state index in [1.807, 2.05) is 6.20 Å². The van der Waals surface area contributed by atoms with E-state index >= 15 is 0 Å². The van der Waals surface area contributed by atoms with Gasteiger partial charge in [-0.2, -0.15) is 0 Å². The number of aromatic nitrogens is 1. The molecule has 76 valence electrons. The van der Waals surface area contributed by atoms with Crippen LogP contribution in [0.15, 0.2) is 18.3 Å². The van der Waals surface area contributed by atoms with Gasteiger partial charge in [-0.3, -0.25) is 4.98 Å². The Hall–Kier alpha value is -0.890. The molecule has 1 N–H and O–H groups in total. The molecule has 1 unspecified atom stereocenters. The van der Waals surface area contributed by atoms with Gasteiger partial charge in [0.25, 0.3) is 0 Å². The number of rotatable bonds is 2. The number of hydrogen-bond donors (Lipinski definition) is 1. The second-order valence-electron chi connectivity index (χ2n) is 4.59. The highest BCUT2D eigenvalue weighted by molar-refractivity contribution is 5.14. The first-order valence-electron chi connectivity index (χ1n) is 5.35. The lowest BCUT2D eigenvalue weighted by Crippen LogP contribution is -2.38. The van der Waals surface area contributed by atoms with Crippen LogP contribution < -0.4 is 5.32 Å². The molecule has 2 rings (SSSR count). The van der Waals surface area contributed by atoms with Gasteiger partial charge in [0.05, 0.1) is 0 Å². The zero-order chi connectivity index (χ0) is 10.0. The van der Waals surface area contributed by atoms with Gasteiger partial charge in [0.1, 0.15) is 0 Å². The van der Waals surface area contributed by atoms with E-state index in [0.29, 0.717) is 0 Å². The summed E-state index contributed by atoms with van der Waals surface area (Å²) in [5.41, 5.74) is 2.72. The minimum atomic E-state index is 0.280. The number of nitrogens with zero attached hydrogens (tertiary/aromatic N) is 1. The van der Waals surface area contributed by atoms with E-state index in [1.165, 1.54) is 24.1 Å². The molecule has 1 aromatic rings. The van der Waals surface area contributed by atoms with Gasteiger partial charge in [-0.15, -0.1) is 0 Å². The molecule has 1 aliphatic heterocycles. The molecule has 0 spiro atoms. The monoisotopic (exact) mass is 190 g/mol. The molecule has 0 aromatic carbocycles. The van der Waals surface area contributed by atoms with E-state index in [0.717, 1.165) is 13.0 Å². The maximum atomic E-state index is 4.45. The van der Waals surface area contributed by atoms with E-state index in [4.69, 9.17) is 0 Å².